The topological polar surface area (TPSA) is 181 Å². The number of esters is 1. The second-order valence-electron chi connectivity index (χ2n) is 13.9. The number of ketones is 2. The van der Waals surface area contributed by atoms with E-state index in [4.69, 9.17) is 28.4 Å². The Morgan fingerprint density at radius 1 is 0.592 bits per heavy atom. The molecule has 0 amide bonds. The van der Waals surface area contributed by atoms with E-state index in [-0.39, 0.29) is 19.0 Å². The molecule has 0 bridgehead atoms. The van der Waals surface area contributed by atoms with Gasteiger partial charge in [-0.05, 0) is 60.8 Å². The van der Waals surface area contributed by atoms with E-state index in [0.717, 1.165) is 25.7 Å². The molecule has 0 saturated heterocycles. The van der Waals surface area contributed by atoms with E-state index in [0.29, 0.717) is 65.3 Å². The SMILES string of the molecule is CCCCCCOC(C)(C)C(=O)CC(C(=O)O)C(CC(=O)C(C)(C)OCCCCCC(=O)OC(C)(C)CCOCCOCCOC)C(=O)O. The number of Topliss-reactive ketones (excluding diaryl/α,β-unsaturated/α-hetero) is 2. The van der Waals surface area contributed by atoms with Crippen molar-refractivity contribution in [2.24, 2.45) is 11.8 Å². The average Bonchev–Trinajstić information content (AvgIpc) is 3.00. The summed E-state index contributed by atoms with van der Waals surface area (Å²) >= 11 is 0. The average molecular weight is 705 g/mol. The molecule has 0 aromatic carbocycles. The summed E-state index contributed by atoms with van der Waals surface area (Å²) in [5, 5.41) is 19.7. The number of carboxylic acid groups (broad SMARTS) is 2. The molecule has 286 valence electrons. The van der Waals surface area contributed by atoms with Crippen molar-refractivity contribution in [1.29, 1.82) is 0 Å². The molecule has 2 unspecified atom stereocenters. The molecule has 0 aromatic rings. The van der Waals surface area contributed by atoms with Crippen LogP contribution in [0.5, 0.6) is 0 Å². The third-order valence-corrected chi connectivity index (χ3v) is 8.27. The monoisotopic (exact) mass is 704 g/mol. The first-order valence-electron chi connectivity index (χ1n) is 17.6. The fraction of sp³-hybridized carbons (Fsp3) is 0.861. The van der Waals surface area contributed by atoms with E-state index >= 15 is 0 Å². The lowest BCUT2D eigenvalue weighted by molar-refractivity contribution is -0.160. The summed E-state index contributed by atoms with van der Waals surface area (Å²) in [5.74, 6) is -7.64. The number of ether oxygens (including phenoxy) is 6. The standard InChI is InChI=1S/C36H64O13/c1-9-10-11-14-18-47-35(4,5)29(37)25-27(32(40)41)28(33(42)43)26-30(38)36(6,7)48-19-15-12-13-16-31(39)49-34(2,3)17-20-45-23-24-46-22-21-44-8/h27-28H,9-26H2,1-8H3,(H,40,41)(H,42,43). The predicted molar refractivity (Wildman–Crippen MR) is 182 cm³/mol. The summed E-state index contributed by atoms with van der Waals surface area (Å²) in [5.41, 5.74) is -3.36. The van der Waals surface area contributed by atoms with Gasteiger partial charge in [-0.3, -0.25) is 24.0 Å². The number of carbonyl (C=O) groups excluding carboxylic acids is 3. The van der Waals surface area contributed by atoms with Crippen molar-refractivity contribution >= 4 is 29.5 Å². The lowest BCUT2D eigenvalue weighted by Gasteiger charge is -2.29. The first kappa shape index (κ1) is 46.5. The molecular formula is C36H64O13. The van der Waals surface area contributed by atoms with Crippen LogP contribution in [0.25, 0.3) is 0 Å². The number of unbranched alkanes of at least 4 members (excludes halogenated alkanes) is 5. The molecule has 0 aliphatic rings. The molecule has 0 spiro atoms. The highest BCUT2D eigenvalue weighted by atomic mass is 16.6. The third kappa shape index (κ3) is 21.4. The Bertz CT molecular complexity index is 989. The maximum Gasteiger partial charge on any atom is 0.307 e. The Morgan fingerprint density at radius 3 is 1.49 bits per heavy atom. The van der Waals surface area contributed by atoms with Crippen LogP contribution in [0.15, 0.2) is 0 Å². The normalized spacial score (nSPS) is 13.6. The number of hydrogen-bond acceptors (Lipinski definition) is 11. The minimum atomic E-state index is -1.63. The molecule has 2 N–H and O–H groups in total. The Labute approximate surface area is 293 Å². The third-order valence-electron chi connectivity index (χ3n) is 8.27. The van der Waals surface area contributed by atoms with Crippen molar-refractivity contribution in [3.63, 3.8) is 0 Å². The number of aliphatic carboxylic acids is 2. The van der Waals surface area contributed by atoms with E-state index in [1.54, 1.807) is 7.11 Å². The van der Waals surface area contributed by atoms with Gasteiger partial charge in [0.25, 0.3) is 0 Å². The zero-order valence-electron chi connectivity index (χ0n) is 31.3. The highest BCUT2D eigenvalue weighted by molar-refractivity contribution is 5.94. The van der Waals surface area contributed by atoms with Gasteiger partial charge in [0.2, 0.25) is 0 Å². The fourth-order valence-corrected chi connectivity index (χ4v) is 4.78. The second-order valence-corrected chi connectivity index (χ2v) is 13.9. The molecule has 0 saturated carbocycles. The number of methoxy groups -OCH3 is 1. The summed E-state index contributed by atoms with van der Waals surface area (Å²) in [6.45, 7) is 14.7. The van der Waals surface area contributed by atoms with Crippen LogP contribution >= 0.6 is 0 Å². The number of hydrogen-bond donors (Lipinski definition) is 2. The summed E-state index contributed by atoms with van der Waals surface area (Å²) in [7, 11) is 1.61. The van der Waals surface area contributed by atoms with Crippen LogP contribution in [-0.4, -0.2) is 110 Å². The molecular weight excluding hydrogens is 640 g/mol. The van der Waals surface area contributed by atoms with Gasteiger partial charge in [-0.15, -0.1) is 0 Å². The maximum atomic E-state index is 13.2. The van der Waals surface area contributed by atoms with Crippen LogP contribution in [0.2, 0.25) is 0 Å². The number of carboxylic acids is 2. The summed E-state index contributed by atoms with van der Waals surface area (Å²) in [4.78, 5) is 62.8. The summed E-state index contributed by atoms with van der Waals surface area (Å²) in [6.07, 6.45) is 5.05. The molecule has 0 fully saturated rings. The Kier molecular flexibility index (Phi) is 23.4. The first-order chi connectivity index (χ1) is 22.9. The van der Waals surface area contributed by atoms with Crippen molar-refractivity contribution in [3.05, 3.63) is 0 Å². The molecule has 0 radical (unpaired) electrons. The van der Waals surface area contributed by atoms with Gasteiger partial charge in [-0.25, -0.2) is 0 Å². The van der Waals surface area contributed by atoms with Gasteiger partial charge in [0, 0.05) is 46.0 Å². The molecule has 0 aliphatic heterocycles. The molecule has 13 heteroatoms. The van der Waals surface area contributed by atoms with E-state index < -0.39 is 65.0 Å². The Hall–Kier alpha value is -2.45. The van der Waals surface area contributed by atoms with Gasteiger partial charge in [-0.2, -0.15) is 0 Å². The summed E-state index contributed by atoms with van der Waals surface area (Å²) < 4.78 is 32.9. The minimum Gasteiger partial charge on any atom is -0.481 e. The quantitative estimate of drug-likeness (QED) is 0.0669. The molecule has 0 rings (SSSR count). The van der Waals surface area contributed by atoms with Crippen molar-refractivity contribution in [3.8, 4) is 0 Å². The van der Waals surface area contributed by atoms with Crippen LogP contribution in [-0.2, 0) is 52.4 Å². The second kappa shape index (κ2) is 24.7. The zero-order chi connectivity index (χ0) is 37.5. The zero-order valence-corrected chi connectivity index (χ0v) is 31.3. The highest BCUT2D eigenvalue weighted by Gasteiger charge is 2.42. The molecule has 0 aromatic heterocycles. The van der Waals surface area contributed by atoms with E-state index in [1.807, 2.05) is 13.8 Å². The van der Waals surface area contributed by atoms with Crippen molar-refractivity contribution in [2.45, 2.75) is 136 Å². The molecule has 49 heavy (non-hydrogen) atoms. The highest BCUT2D eigenvalue weighted by Crippen LogP contribution is 2.28. The predicted octanol–water partition coefficient (Wildman–Crippen LogP) is 5.43. The number of carbonyl (C=O) groups is 5. The minimum absolute atomic E-state index is 0.175. The van der Waals surface area contributed by atoms with Crippen LogP contribution in [0.4, 0.5) is 0 Å². The van der Waals surface area contributed by atoms with Crippen molar-refractivity contribution < 1.29 is 62.6 Å². The van der Waals surface area contributed by atoms with Gasteiger partial charge in [0.05, 0.1) is 44.9 Å². The van der Waals surface area contributed by atoms with Gasteiger partial charge in [0.1, 0.15) is 16.8 Å². The fourth-order valence-electron chi connectivity index (χ4n) is 4.78. The van der Waals surface area contributed by atoms with E-state index in [2.05, 4.69) is 6.92 Å². The lowest BCUT2D eigenvalue weighted by atomic mass is 9.80. The summed E-state index contributed by atoms with van der Waals surface area (Å²) in [6, 6.07) is 0. The van der Waals surface area contributed by atoms with Crippen molar-refractivity contribution in [2.75, 3.05) is 53.4 Å². The van der Waals surface area contributed by atoms with Crippen molar-refractivity contribution in [1.82, 2.24) is 0 Å². The van der Waals surface area contributed by atoms with Crippen LogP contribution < -0.4 is 0 Å². The molecule has 0 aliphatic carbocycles. The van der Waals surface area contributed by atoms with Gasteiger partial charge >= 0.3 is 17.9 Å². The largest absolute Gasteiger partial charge is 0.481 e. The molecule has 13 nitrogen and oxygen atoms in total. The van der Waals surface area contributed by atoms with Gasteiger partial charge in [-0.1, -0.05) is 32.6 Å². The number of rotatable bonds is 32. The van der Waals surface area contributed by atoms with E-state index in [1.165, 1.54) is 27.7 Å². The molecule has 0 heterocycles. The smallest absolute Gasteiger partial charge is 0.307 e. The van der Waals surface area contributed by atoms with Crippen LogP contribution in [0.1, 0.15) is 119 Å². The van der Waals surface area contributed by atoms with Gasteiger partial charge < -0.3 is 38.6 Å². The maximum absolute atomic E-state index is 13.2. The lowest BCUT2D eigenvalue weighted by Crippen LogP contribution is -2.43. The first-order valence-corrected chi connectivity index (χ1v) is 17.6. The van der Waals surface area contributed by atoms with Crippen LogP contribution in [0.3, 0.4) is 0 Å². The van der Waals surface area contributed by atoms with E-state index in [9.17, 15) is 34.2 Å². The molecule has 2 atom stereocenters. The van der Waals surface area contributed by atoms with Gasteiger partial charge in [0.15, 0.2) is 11.6 Å². The Morgan fingerprint density at radius 2 is 1.04 bits per heavy atom. The Balaban J connectivity index is 4.72. The van der Waals surface area contributed by atoms with Crippen LogP contribution in [0, 0.1) is 11.8 Å².